The number of amides is 1. The van der Waals surface area contributed by atoms with Crippen molar-refractivity contribution in [3.8, 4) is 0 Å². The first-order valence-electron chi connectivity index (χ1n) is 6.25. The molecule has 0 spiro atoms. The molecule has 0 saturated carbocycles. The van der Waals surface area contributed by atoms with Crippen LogP contribution in [0.4, 0.5) is 0 Å². The third-order valence-corrected chi connectivity index (χ3v) is 3.99. The Morgan fingerprint density at radius 2 is 1.76 bits per heavy atom. The minimum absolute atomic E-state index is 0.187. The number of hydrogen-bond donors (Lipinski definition) is 1. The second-order valence-electron chi connectivity index (χ2n) is 4.51. The molecule has 0 aromatic heterocycles. The van der Waals surface area contributed by atoms with Gasteiger partial charge in [-0.25, -0.2) is 4.99 Å². The van der Waals surface area contributed by atoms with Gasteiger partial charge in [-0.15, -0.1) is 0 Å². The van der Waals surface area contributed by atoms with Crippen molar-refractivity contribution in [2.24, 2.45) is 4.99 Å². The molecule has 0 fully saturated rings. The molecule has 21 heavy (non-hydrogen) atoms. The molecule has 0 unspecified atom stereocenters. The van der Waals surface area contributed by atoms with Crippen LogP contribution >= 0.6 is 31.9 Å². The maximum Gasteiger partial charge on any atom is 0.275 e. The minimum atomic E-state index is -0.187. The van der Waals surface area contributed by atoms with Gasteiger partial charge in [0, 0.05) is 14.5 Å². The molecule has 1 aliphatic heterocycles. The van der Waals surface area contributed by atoms with E-state index in [1.165, 1.54) is 0 Å². The van der Waals surface area contributed by atoms with Gasteiger partial charge in [0.2, 0.25) is 0 Å². The second kappa shape index (κ2) is 5.95. The van der Waals surface area contributed by atoms with Crippen molar-refractivity contribution >= 4 is 49.7 Å². The summed E-state index contributed by atoms with van der Waals surface area (Å²) in [4.78, 5) is 16.4. The largest absolute Gasteiger partial charge is 0.305 e. The summed E-state index contributed by atoms with van der Waals surface area (Å²) in [5, 5.41) is 2.79. The number of carbonyl (C=O) groups is 1. The SMILES string of the molecule is O=C1NC(c2cccc(Br)c2)=NC1=Cc1ccc(Br)cc1. The Morgan fingerprint density at radius 3 is 2.48 bits per heavy atom. The Labute approximate surface area is 139 Å². The highest BCUT2D eigenvalue weighted by Gasteiger charge is 2.21. The Morgan fingerprint density at radius 1 is 1.00 bits per heavy atom. The summed E-state index contributed by atoms with van der Waals surface area (Å²) in [5.41, 5.74) is 2.21. The Kier molecular flexibility index (Phi) is 4.03. The van der Waals surface area contributed by atoms with E-state index in [1.807, 2.05) is 48.5 Å². The second-order valence-corrected chi connectivity index (χ2v) is 6.34. The van der Waals surface area contributed by atoms with Crippen LogP contribution in [0.5, 0.6) is 0 Å². The predicted octanol–water partition coefficient (Wildman–Crippen LogP) is 4.13. The van der Waals surface area contributed by atoms with Gasteiger partial charge in [-0.3, -0.25) is 4.79 Å². The Hall–Kier alpha value is -1.72. The van der Waals surface area contributed by atoms with Gasteiger partial charge in [0.1, 0.15) is 11.5 Å². The molecule has 2 aromatic rings. The minimum Gasteiger partial charge on any atom is -0.305 e. The van der Waals surface area contributed by atoms with Crippen LogP contribution in [0.2, 0.25) is 0 Å². The lowest BCUT2D eigenvalue weighted by Crippen LogP contribution is -2.24. The van der Waals surface area contributed by atoms with Crippen molar-refractivity contribution in [1.82, 2.24) is 5.32 Å². The van der Waals surface area contributed by atoms with E-state index in [4.69, 9.17) is 0 Å². The van der Waals surface area contributed by atoms with E-state index in [1.54, 1.807) is 6.08 Å². The van der Waals surface area contributed by atoms with Crippen LogP contribution in [0.3, 0.4) is 0 Å². The molecule has 2 aromatic carbocycles. The van der Waals surface area contributed by atoms with Gasteiger partial charge in [0.05, 0.1) is 0 Å². The lowest BCUT2D eigenvalue weighted by Gasteiger charge is -2.00. The standard InChI is InChI=1S/C16H10Br2N2O/c17-12-6-4-10(5-7-12)8-14-16(21)20-15(19-14)11-2-1-3-13(18)9-11/h1-9H,(H,19,20,21). The molecule has 0 bridgehead atoms. The van der Waals surface area contributed by atoms with Crippen molar-refractivity contribution < 1.29 is 4.79 Å². The van der Waals surface area contributed by atoms with Crippen LogP contribution in [-0.4, -0.2) is 11.7 Å². The smallest absolute Gasteiger partial charge is 0.275 e. The van der Waals surface area contributed by atoms with Crippen LogP contribution < -0.4 is 5.32 Å². The Bertz CT molecular complexity index is 764. The first-order chi connectivity index (χ1) is 10.1. The van der Waals surface area contributed by atoms with Gasteiger partial charge in [0.15, 0.2) is 0 Å². The monoisotopic (exact) mass is 404 g/mol. The van der Waals surface area contributed by atoms with E-state index in [0.717, 1.165) is 20.1 Å². The first kappa shape index (κ1) is 14.2. The topological polar surface area (TPSA) is 41.5 Å². The van der Waals surface area contributed by atoms with Gasteiger partial charge < -0.3 is 5.32 Å². The fourth-order valence-corrected chi connectivity index (χ4v) is 2.62. The molecule has 1 amide bonds. The van der Waals surface area contributed by atoms with Gasteiger partial charge in [-0.1, -0.05) is 56.1 Å². The number of rotatable bonds is 2. The fraction of sp³-hybridized carbons (Fsp3) is 0. The summed E-state index contributed by atoms with van der Waals surface area (Å²) in [7, 11) is 0. The third-order valence-electron chi connectivity index (χ3n) is 2.97. The molecule has 1 heterocycles. The molecule has 0 atom stereocenters. The van der Waals surface area contributed by atoms with E-state index in [-0.39, 0.29) is 5.91 Å². The predicted molar refractivity (Wildman–Crippen MR) is 90.9 cm³/mol. The summed E-state index contributed by atoms with van der Waals surface area (Å²) in [6, 6.07) is 15.4. The zero-order valence-electron chi connectivity index (χ0n) is 10.8. The molecule has 3 nitrogen and oxygen atoms in total. The van der Waals surface area contributed by atoms with Gasteiger partial charge in [0.25, 0.3) is 5.91 Å². The zero-order chi connectivity index (χ0) is 14.8. The summed E-state index contributed by atoms with van der Waals surface area (Å²) < 4.78 is 1.95. The van der Waals surface area contributed by atoms with E-state index in [0.29, 0.717) is 11.5 Å². The van der Waals surface area contributed by atoms with E-state index in [9.17, 15) is 4.79 Å². The fourth-order valence-electron chi connectivity index (χ4n) is 1.96. The molecule has 1 N–H and O–H groups in total. The first-order valence-corrected chi connectivity index (χ1v) is 7.84. The number of aliphatic imine (C=N–C) groups is 1. The number of amidine groups is 1. The molecule has 5 heteroatoms. The molecule has 0 aliphatic carbocycles. The molecule has 104 valence electrons. The van der Waals surface area contributed by atoms with Crippen LogP contribution in [0, 0.1) is 0 Å². The van der Waals surface area contributed by atoms with Crippen molar-refractivity contribution in [1.29, 1.82) is 0 Å². The molecule has 0 radical (unpaired) electrons. The van der Waals surface area contributed by atoms with Gasteiger partial charge >= 0.3 is 0 Å². The lowest BCUT2D eigenvalue weighted by molar-refractivity contribution is -0.115. The van der Waals surface area contributed by atoms with Gasteiger partial charge in [-0.2, -0.15) is 0 Å². The van der Waals surface area contributed by atoms with Crippen molar-refractivity contribution in [3.63, 3.8) is 0 Å². The summed E-state index contributed by atoms with van der Waals surface area (Å²) in [6.07, 6.45) is 1.77. The maximum absolute atomic E-state index is 12.0. The number of benzene rings is 2. The quantitative estimate of drug-likeness (QED) is 0.750. The summed E-state index contributed by atoms with van der Waals surface area (Å²) in [5.74, 6) is 0.387. The highest BCUT2D eigenvalue weighted by Crippen LogP contribution is 2.18. The number of nitrogens with zero attached hydrogens (tertiary/aromatic N) is 1. The average molecular weight is 406 g/mol. The average Bonchev–Trinajstić information content (AvgIpc) is 2.83. The number of carbonyl (C=O) groups excluding carboxylic acids is 1. The summed E-state index contributed by atoms with van der Waals surface area (Å²) >= 11 is 6.80. The molecule has 3 rings (SSSR count). The number of nitrogens with one attached hydrogen (secondary N) is 1. The number of halogens is 2. The third kappa shape index (κ3) is 3.31. The molecule has 1 aliphatic rings. The normalized spacial score (nSPS) is 16.0. The highest BCUT2D eigenvalue weighted by molar-refractivity contribution is 9.10. The highest BCUT2D eigenvalue weighted by atomic mass is 79.9. The van der Waals surface area contributed by atoms with Gasteiger partial charge in [-0.05, 0) is 35.9 Å². The summed E-state index contributed by atoms with van der Waals surface area (Å²) in [6.45, 7) is 0. The van der Waals surface area contributed by atoms with Crippen molar-refractivity contribution in [2.75, 3.05) is 0 Å². The molecular weight excluding hydrogens is 396 g/mol. The van der Waals surface area contributed by atoms with E-state index >= 15 is 0 Å². The lowest BCUT2D eigenvalue weighted by atomic mass is 10.2. The van der Waals surface area contributed by atoms with Crippen molar-refractivity contribution in [2.45, 2.75) is 0 Å². The molecular formula is C16H10Br2N2O. The maximum atomic E-state index is 12.0. The number of hydrogen-bond acceptors (Lipinski definition) is 2. The van der Waals surface area contributed by atoms with Crippen LogP contribution in [0.25, 0.3) is 6.08 Å². The van der Waals surface area contributed by atoms with Crippen molar-refractivity contribution in [3.05, 3.63) is 74.3 Å². The zero-order valence-corrected chi connectivity index (χ0v) is 14.0. The van der Waals surface area contributed by atoms with Crippen LogP contribution in [-0.2, 0) is 4.79 Å². The van der Waals surface area contributed by atoms with E-state index < -0.39 is 0 Å². The molecule has 0 saturated heterocycles. The van der Waals surface area contributed by atoms with E-state index in [2.05, 4.69) is 42.2 Å². The van der Waals surface area contributed by atoms with Crippen LogP contribution in [0.15, 0.2) is 68.2 Å². The van der Waals surface area contributed by atoms with Crippen LogP contribution in [0.1, 0.15) is 11.1 Å². The Balaban J connectivity index is 1.93.